The van der Waals surface area contributed by atoms with Crippen molar-refractivity contribution >= 4 is 0 Å². The zero-order chi connectivity index (χ0) is 13.3. The zero-order valence-electron chi connectivity index (χ0n) is 10.9. The van der Waals surface area contributed by atoms with Crippen LogP contribution in [0.1, 0.15) is 32.3 Å². The van der Waals surface area contributed by atoms with Crippen molar-refractivity contribution in [3.8, 4) is 5.75 Å². The molecule has 0 aromatic heterocycles. The van der Waals surface area contributed by atoms with Crippen molar-refractivity contribution in [2.75, 3.05) is 7.11 Å². The topological polar surface area (TPSA) is 38.7 Å². The summed E-state index contributed by atoms with van der Waals surface area (Å²) in [6.45, 7) is 3.83. The Bertz CT molecular complexity index is 423. The number of benzene rings is 1. The predicted octanol–water partition coefficient (Wildman–Crippen LogP) is 2.61. The van der Waals surface area contributed by atoms with Gasteiger partial charge in [-0.3, -0.25) is 0 Å². The van der Waals surface area contributed by atoms with E-state index in [1.165, 1.54) is 13.2 Å². The molecule has 0 radical (unpaired) electrons. The Hall–Kier alpha value is -1.13. The number of ether oxygens (including phenoxy) is 2. The highest BCUT2D eigenvalue weighted by Gasteiger charge is 2.38. The number of rotatable bonds is 2. The first-order chi connectivity index (χ1) is 8.44. The first kappa shape index (κ1) is 13.3. The molecule has 2 rings (SSSR count). The summed E-state index contributed by atoms with van der Waals surface area (Å²) < 4.78 is 24.2. The average Bonchev–Trinajstić information content (AvgIpc) is 2.27. The molecule has 0 spiro atoms. The van der Waals surface area contributed by atoms with E-state index < -0.39 is 11.4 Å². The summed E-state index contributed by atoms with van der Waals surface area (Å²) in [5.74, 6) is -0.259. The van der Waals surface area contributed by atoms with Gasteiger partial charge in [0.05, 0.1) is 24.9 Å². The molecule has 0 saturated carbocycles. The van der Waals surface area contributed by atoms with E-state index in [0.717, 1.165) is 0 Å². The molecule has 0 amide bonds. The Balaban J connectivity index is 2.31. The molecule has 1 aliphatic rings. The van der Waals surface area contributed by atoms with Crippen LogP contribution in [0.15, 0.2) is 18.2 Å². The molecular weight excluding hydrogens is 235 g/mol. The summed E-state index contributed by atoms with van der Waals surface area (Å²) in [6, 6.07) is 4.61. The summed E-state index contributed by atoms with van der Waals surface area (Å²) >= 11 is 0. The van der Waals surface area contributed by atoms with Gasteiger partial charge < -0.3 is 14.6 Å². The second-order valence-electron chi connectivity index (χ2n) is 5.05. The lowest BCUT2D eigenvalue weighted by atomic mass is 9.81. The lowest BCUT2D eigenvalue weighted by Crippen LogP contribution is -2.41. The standard InChI is InChI=1S/C14H19FO3/c1-9-7-14(16,8-10(2)18-9)11-4-5-13(17-3)12(15)6-11/h4-6,9-10,16H,7-8H2,1-3H3. The molecule has 2 unspecified atom stereocenters. The molecule has 2 atom stereocenters. The number of methoxy groups -OCH3 is 1. The van der Waals surface area contributed by atoms with Gasteiger partial charge in [0.25, 0.3) is 0 Å². The van der Waals surface area contributed by atoms with Crippen LogP contribution in [0.4, 0.5) is 4.39 Å². The summed E-state index contributed by atoms with van der Waals surface area (Å²) in [5, 5.41) is 10.7. The number of aliphatic hydroxyl groups is 1. The van der Waals surface area contributed by atoms with Gasteiger partial charge >= 0.3 is 0 Å². The van der Waals surface area contributed by atoms with Crippen molar-refractivity contribution in [2.24, 2.45) is 0 Å². The van der Waals surface area contributed by atoms with Crippen LogP contribution in [0.5, 0.6) is 5.75 Å². The molecule has 1 fully saturated rings. The highest BCUT2D eigenvalue weighted by atomic mass is 19.1. The van der Waals surface area contributed by atoms with Crippen LogP contribution < -0.4 is 4.74 Å². The maximum Gasteiger partial charge on any atom is 0.165 e. The number of halogens is 1. The van der Waals surface area contributed by atoms with Crippen molar-refractivity contribution in [3.05, 3.63) is 29.6 Å². The monoisotopic (exact) mass is 254 g/mol. The van der Waals surface area contributed by atoms with Gasteiger partial charge in [-0.25, -0.2) is 4.39 Å². The minimum atomic E-state index is -1.02. The fourth-order valence-corrected chi connectivity index (χ4v) is 2.72. The Kier molecular flexibility index (Phi) is 3.59. The summed E-state index contributed by atoms with van der Waals surface area (Å²) in [5.41, 5.74) is -0.438. The SMILES string of the molecule is COc1ccc(C2(O)CC(C)OC(C)C2)cc1F. The molecule has 4 heteroatoms. The van der Waals surface area contributed by atoms with Crippen molar-refractivity contribution in [2.45, 2.75) is 44.5 Å². The van der Waals surface area contributed by atoms with Crippen molar-refractivity contribution in [1.29, 1.82) is 0 Å². The van der Waals surface area contributed by atoms with Crippen molar-refractivity contribution < 1.29 is 19.0 Å². The molecule has 0 bridgehead atoms. The van der Waals surface area contributed by atoms with Gasteiger partial charge in [-0.15, -0.1) is 0 Å². The fourth-order valence-electron chi connectivity index (χ4n) is 2.72. The maximum absolute atomic E-state index is 13.7. The van der Waals surface area contributed by atoms with Crippen LogP contribution in [0.2, 0.25) is 0 Å². The van der Waals surface area contributed by atoms with E-state index in [2.05, 4.69) is 0 Å². The number of hydrogen-bond acceptors (Lipinski definition) is 3. The summed E-state index contributed by atoms with van der Waals surface area (Å²) in [6.07, 6.45) is 0.875. The van der Waals surface area contributed by atoms with Crippen LogP contribution in [0, 0.1) is 5.82 Å². The van der Waals surface area contributed by atoms with E-state index in [1.807, 2.05) is 13.8 Å². The van der Waals surface area contributed by atoms with Gasteiger partial charge in [-0.2, -0.15) is 0 Å². The largest absolute Gasteiger partial charge is 0.494 e. The number of hydrogen-bond donors (Lipinski definition) is 1. The van der Waals surface area contributed by atoms with Gasteiger partial charge in [-0.1, -0.05) is 6.07 Å². The predicted molar refractivity (Wildman–Crippen MR) is 66.1 cm³/mol. The smallest absolute Gasteiger partial charge is 0.165 e. The molecule has 0 aliphatic carbocycles. The Morgan fingerprint density at radius 2 is 1.94 bits per heavy atom. The van der Waals surface area contributed by atoms with Crippen LogP contribution in [-0.2, 0) is 10.3 Å². The van der Waals surface area contributed by atoms with Gasteiger partial charge in [0.2, 0.25) is 0 Å². The normalized spacial score (nSPS) is 32.3. The third-order valence-electron chi connectivity index (χ3n) is 3.40. The first-order valence-electron chi connectivity index (χ1n) is 6.16. The summed E-state index contributed by atoms with van der Waals surface area (Å²) in [4.78, 5) is 0. The van der Waals surface area contributed by atoms with Crippen LogP contribution in [0.25, 0.3) is 0 Å². The Morgan fingerprint density at radius 3 is 2.44 bits per heavy atom. The van der Waals surface area contributed by atoms with E-state index in [4.69, 9.17) is 9.47 Å². The Labute approximate surface area is 107 Å². The lowest BCUT2D eigenvalue weighted by Gasteiger charge is -2.39. The zero-order valence-corrected chi connectivity index (χ0v) is 10.9. The second-order valence-corrected chi connectivity index (χ2v) is 5.05. The van der Waals surface area contributed by atoms with E-state index >= 15 is 0 Å². The lowest BCUT2D eigenvalue weighted by molar-refractivity contribution is -0.135. The van der Waals surface area contributed by atoms with E-state index in [9.17, 15) is 9.50 Å². The Morgan fingerprint density at radius 1 is 1.33 bits per heavy atom. The molecule has 1 aromatic carbocycles. The average molecular weight is 254 g/mol. The summed E-state index contributed by atoms with van der Waals surface area (Å²) in [7, 11) is 1.42. The molecule has 1 N–H and O–H groups in total. The van der Waals surface area contributed by atoms with E-state index in [0.29, 0.717) is 18.4 Å². The molecule has 1 aliphatic heterocycles. The van der Waals surface area contributed by atoms with Crippen LogP contribution in [0.3, 0.4) is 0 Å². The van der Waals surface area contributed by atoms with Crippen LogP contribution in [-0.4, -0.2) is 24.4 Å². The quantitative estimate of drug-likeness (QED) is 0.881. The second kappa shape index (κ2) is 4.86. The van der Waals surface area contributed by atoms with Gasteiger partial charge in [0, 0.05) is 12.8 Å². The van der Waals surface area contributed by atoms with Gasteiger partial charge in [-0.05, 0) is 31.5 Å². The highest BCUT2D eigenvalue weighted by molar-refractivity contribution is 5.33. The maximum atomic E-state index is 13.7. The molecule has 1 saturated heterocycles. The molecule has 18 heavy (non-hydrogen) atoms. The minimum Gasteiger partial charge on any atom is -0.494 e. The first-order valence-corrected chi connectivity index (χ1v) is 6.16. The minimum absolute atomic E-state index is 0.0380. The molecule has 3 nitrogen and oxygen atoms in total. The highest BCUT2D eigenvalue weighted by Crippen LogP contribution is 2.38. The third-order valence-corrected chi connectivity index (χ3v) is 3.40. The molecule has 1 aromatic rings. The van der Waals surface area contributed by atoms with E-state index in [1.54, 1.807) is 12.1 Å². The van der Waals surface area contributed by atoms with E-state index in [-0.39, 0.29) is 18.0 Å². The fraction of sp³-hybridized carbons (Fsp3) is 0.571. The van der Waals surface area contributed by atoms with Gasteiger partial charge in [0.1, 0.15) is 0 Å². The van der Waals surface area contributed by atoms with Crippen molar-refractivity contribution in [3.63, 3.8) is 0 Å². The van der Waals surface area contributed by atoms with Gasteiger partial charge in [0.15, 0.2) is 11.6 Å². The molecule has 100 valence electrons. The van der Waals surface area contributed by atoms with Crippen LogP contribution >= 0.6 is 0 Å². The van der Waals surface area contributed by atoms with Crippen molar-refractivity contribution in [1.82, 2.24) is 0 Å². The third kappa shape index (κ3) is 2.49. The molecule has 1 heterocycles. The molecular formula is C14H19FO3.